The first-order valence-electron chi connectivity index (χ1n) is 8.18. The molecule has 2 aliphatic rings. The Morgan fingerprint density at radius 3 is 2.79 bits per heavy atom. The number of ether oxygens (including phenoxy) is 2. The van der Waals surface area contributed by atoms with Crippen LogP contribution >= 0.6 is 11.3 Å². The number of methoxy groups -OCH3 is 1. The van der Waals surface area contributed by atoms with E-state index in [4.69, 9.17) is 14.6 Å². The van der Waals surface area contributed by atoms with Crippen molar-refractivity contribution in [2.75, 3.05) is 7.11 Å². The molecular formula is C18H19NO4S. The third-order valence-electron chi connectivity index (χ3n) is 5.09. The molecule has 1 aromatic carbocycles. The highest BCUT2D eigenvalue weighted by Gasteiger charge is 2.41. The predicted octanol–water partition coefficient (Wildman–Crippen LogP) is 4.08. The highest BCUT2D eigenvalue weighted by molar-refractivity contribution is 7.13. The number of carbonyl (C=O) groups is 1. The molecule has 1 heterocycles. The number of rotatable bonds is 5. The molecule has 0 saturated heterocycles. The molecule has 5 nitrogen and oxygen atoms in total. The van der Waals surface area contributed by atoms with E-state index in [1.165, 1.54) is 30.6 Å². The summed E-state index contributed by atoms with van der Waals surface area (Å²) in [6, 6.07) is 5.66. The molecule has 126 valence electrons. The third kappa shape index (κ3) is 2.75. The van der Waals surface area contributed by atoms with Crippen molar-refractivity contribution in [3.63, 3.8) is 0 Å². The van der Waals surface area contributed by atoms with Crippen LogP contribution in [0.25, 0.3) is 10.6 Å². The van der Waals surface area contributed by atoms with Gasteiger partial charge in [-0.05, 0) is 55.7 Å². The van der Waals surface area contributed by atoms with Crippen molar-refractivity contribution in [3.8, 4) is 22.1 Å². The molecule has 2 saturated carbocycles. The van der Waals surface area contributed by atoms with Crippen LogP contribution in [0.15, 0.2) is 23.6 Å². The monoisotopic (exact) mass is 345 g/mol. The fourth-order valence-electron chi connectivity index (χ4n) is 3.90. The summed E-state index contributed by atoms with van der Waals surface area (Å²) in [6.07, 6.45) is 5.25. The van der Waals surface area contributed by atoms with Crippen LogP contribution in [0.2, 0.25) is 0 Å². The minimum Gasteiger partial charge on any atom is -0.493 e. The van der Waals surface area contributed by atoms with Crippen molar-refractivity contribution >= 4 is 17.3 Å². The summed E-state index contributed by atoms with van der Waals surface area (Å²) in [5.41, 5.74) is 0.924. The molecule has 1 N–H and O–H groups in total. The lowest BCUT2D eigenvalue weighted by Crippen LogP contribution is -2.23. The summed E-state index contributed by atoms with van der Waals surface area (Å²) >= 11 is 1.32. The number of hydrogen-bond acceptors (Lipinski definition) is 5. The Bertz CT molecular complexity index is 772. The number of nitrogens with zero attached hydrogens (tertiary/aromatic N) is 1. The van der Waals surface area contributed by atoms with Gasteiger partial charge in [0.15, 0.2) is 17.2 Å². The van der Waals surface area contributed by atoms with Crippen molar-refractivity contribution in [1.82, 2.24) is 4.98 Å². The van der Waals surface area contributed by atoms with E-state index in [0.29, 0.717) is 16.7 Å². The van der Waals surface area contributed by atoms with E-state index in [2.05, 4.69) is 4.98 Å². The lowest BCUT2D eigenvalue weighted by Gasteiger charge is -2.24. The van der Waals surface area contributed by atoms with E-state index in [1.807, 2.05) is 18.2 Å². The van der Waals surface area contributed by atoms with Gasteiger partial charge in [-0.1, -0.05) is 0 Å². The smallest absolute Gasteiger partial charge is 0.355 e. The Hall–Kier alpha value is -2.08. The normalized spacial score (nSPS) is 25.0. The topological polar surface area (TPSA) is 68.7 Å². The van der Waals surface area contributed by atoms with Crippen molar-refractivity contribution in [3.05, 3.63) is 29.3 Å². The maximum absolute atomic E-state index is 11.0. The van der Waals surface area contributed by atoms with E-state index in [1.54, 1.807) is 12.5 Å². The van der Waals surface area contributed by atoms with Gasteiger partial charge in [-0.2, -0.15) is 0 Å². The number of hydrogen-bond donors (Lipinski definition) is 1. The zero-order chi connectivity index (χ0) is 16.7. The average molecular weight is 345 g/mol. The quantitative estimate of drug-likeness (QED) is 0.884. The number of thiazole rings is 1. The van der Waals surface area contributed by atoms with Gasteiger partial charge >= 0.3 is 5.97 Å². The highest BCUT2D eigenvalue weighted by Crippen LogP contribution is 2.47. The van der Waals surface area contributed by atoms with Crippen molar-refractivity contribution in [1.29, 1.82) is 0 Å². The van der Waals surface area contributed by atoms with Gasteiger partial charge in [0, 0.05) is 10.9 Å². The predicted molar refractivity (Wildman–Crippen MR) is 90.9 cm³/mol. The molecule has 2 aliphatic carbocycles. The molecule has 6 heteroatoms. The molecular weight excluding hydrogens is 326 g/mol. The van der Waals surface area contributed by atoms with Gasteiger partial charge in [-0.25, -0.2) is 9.78 Å². The zero-order valence-electron chi connectivity index (χ0n) is 13.4. The molecule has 1 aromatic heterocycles. The lowest BCUT2D eigenvalue weighted by atomic mass is 9.97. The van der Waals surface area contributed by atoms with Crippen molar-refractivity contribution in [2.24, 2.45) is 11.8 Å². The lowest BCUT2D eigenvalue weighted by molar-refractivity contribution is 0.0691. The van der Waals surface area contributed by atoms with Gasteiger partial charge in [0.2, 0.25) is 0 Å². The van der Waals surface area contributed by atoms with Crippen LogP contribution in [0.4, 0.5) is 0 Å². The van der Waals surface area contributed by atoms with Crippen LogP contribution in [0, 0.1) is 11.8 Å². The first-order chi connectivity index (χ1) is 11.6. The van der Waals surface area contributed by atoms with E-state index in [-0.39, 0.29) is 11.8 Å². The highest BCUT2D eigenvalue weighted by atomic mass is 32.1. The Balaban J connectivity index is 1.61. The molecule has 0 aliphatic heterocycles. The Morgan fingerprint density at radius 1 is 1.29 bits per heavy atom. The summed E-state index contributed by atoms with van der Waals surface area (Å²) < 4.78 is 11.7. The summed E-state index contributed by atoms with van der Waals surface area (Å²) in [5.74, 6) is 1.88. The first kappa shape index (κ1) is 15.4. The standard InChI is InChI=1S/C18H19NO4S/c1-22-14-5-4-12(17-19-13(9-24-17)18(20)21)8-16(14)23-15-7-10-2-3-11(15)6-10/h4-5,8-11,15H,2-3,6-7H2,1H3,(H,20,21). The van der Waals surface area contributed by atoms with Gasteiger partial charge in [0.25, 0.3) is 0 Å². The second kappa shape index (κ2) is 6.09. The summed E-state index contributed by atoms with van der Waals surface area (Å²) in [5, 5.41) is 11.3. The second-order valence-electron chi connectivity index (χ2n) is 6.54. The summed E-state index contributed by atoms with van der Waals surface area (Å²) in [7, 11) is 1.63. The summed E-state index contributed by atoms with van der Waals surface area (Å²) in [4.78, 5) is 15.2. The van der Waals surface area contributed by atoms with E-state index < -0.39 is 5.97 Å². The molecule has 3 atom stereocenters. The molecule has 3 unspecified atom stereocenters. The number of carboxylic acid groups (broad SMARTS) is 1. The molecule has 2 fully saturated rings. The number of carboxylic acids is 1. The average Bonchev–Trinajstić information content (AvgIpc) is 3.31. The Kier molecular flexibility index (Phi) is 3.92. The van der Waals surface area contributed by atoms with Crippen LogP contribution in [0.5, 0.6) is 11.5 Å². The number of aromatic nitrogens is 1. The second-order valence-corrected chi connectivity index (χ2v) is 7.40. The number of fused-ring (bicyclic) bond motifs is 2. The van der Waals surface area contributed by atoms with Crippen LogP contribution in [-0.4, -0.2) is 29.3 Å². The zero-order valence-corrected chi connectivity index (χ0v) is 14.2. The fourth-order valence-corrected chi connectivity index (χ4v) is 4.69. The molecule has 0 spiro atoms. The van der Waals surface area contributed by atoms with Gasteiger partial charge in [0.1, 0.15) is 11.1 Å². The minimum atomic E-state index is -1.01. The summed E-state index contributed by atoms with van der Waals surface area (Å²) in [6.45, 7) is 0. The molecule has 2 bridgehead atoms. The van der Waals surface area contributed by atoms with Crippen molar-refractivity contribution in [2.45, 2.75) is 31.8 Å². The van der Waals surface area contributed by atoms with Gasteiger partial charge < -0.3 is 14.6 Å². The number of aromatic carboxylic acids is 1. The van der Waals surface area contributed by atoms with E-state index in [9.17, 15) is 4.79 Å². The van der Waals surface area contributed by atoms with Crippen molar-refractivity contribution < 1.29 is 19.4 Å². The molecule has 0 amide bonds. The molecule has 24 heavy (non-hydrogen) atoms. The van der Waals surface area contributed by atoms with Gasteiger partial charge in [0.05, 0.1) is 7.11 Å². The fraction of sp³-hybridized carbons (Fsp3) is 0.444. The Labute approximate surface area is 144 Å². The Morgan fingerprint density at radius 2 is 2.17 bits per heavy atom. The van der Waals surface area contributed by atoms with E-state index in [0.717, 1.165) is 23.7 Å². The van der Waals surface area contributed by atoms with Gasteiger partial charge in [-0.15, -0.1) is 11.3 Å². The van der Waals surface area contributed by atoms with Crippen LogP contribution in [-0.2, 0) is 0 Å². The largest absolute Gasteiger partial charge is 0.493 e. The van der Waals surface area contributed by atoms with E-state index >= 15 is 0 Å². The number of benzene rings is 1. The first-order valence-corrected chi connectivity index (χ1v) is 9.06. The van der Waals surface area contributed by atoms with Crippen LogP contribution in [0.1, 0.15) is 36.2 Å². The minimum absolute atomic E-state index is 0.0707. The maximum Gasteiger partial charge on any atom is 0.355 e. The third-order valence-corrected chi connectivity index (χ3v) is 5.98. The molecule has 2 aromatic rings. The maximum atomic E-state index is 11.0. The molecule has 0 radical (unpaired) electrons. The van der Waals surface area contributed by atoms with Crippen LogP contribution in [0.3, 0.4) is 0 Å². The van der Waals surface area contributed by atoms with Gasteiger partial charge in [-0.3, -0.25) is 0 Å². The molecule has 4 rings (SSSR count). The SMILES string of the molecule is COc1ccc(-c2nc(C(=O)O)cs2)cc1OC1CC2CCC1C2. The van der Waals surface area contributed by atoms with Crippen LogP contribution < -0.4 is 9.47 Å².